The second-order valence-electron chi connectivity index (χ2n) is 5.90. The van der Waals surface area contributed by atoms with Crippen LogP contribution in [0, 0.1) is 0 Å². The number of sulfonamides is 1. The summed E-state index contributed by atoms with van der Waals surface area (Å²) < 4.78 is 32.4. The first-order valence-corrected chi connectivity index (χ1v) is 10.9. The minimum atomic E-state index is -3.56. The predicted octanol–water partition coefficient (Wildman–Crippen LogP) is 2.96. The molecule has 0 saturated carbocycles. The molecule has 9 heteroatoms. The Morgan fingerprint density at radius 1 is 1.19 bits per heavy atom. The molecule has 1 fully saturated rings. The lowest BCUT2D eigenvalue weighted by Crippen LogP contribution is -2.50. The first kappa shape index (κ1) is 19.9. The Morgan fingerprint density at radius 2 is 1.93 bits per heavy atom. The van der Waals surface area contributed by atoms with E-state index in [0.29, 0.717) is 17.4 Å². The van der Waals surface area contributed by atoms with E-state index in [0.717, 1.165) is 22.6 Å². The number of piperazine rings is 1. The molecule has 0 radical (unpaired) electrons. The first-order chi connectivity index (χ1) is 12.9. The third kappa shape index (κ3) is 4.70. The summed E-state index contributed by atoms with van der Waals surface area (Å²) in [6, 6.07) is 10.5. The monoisotopic (exact) mass is 426 g/mol. The Hall–Kier alpha value is -1.87. The average Bonchev–Trinajstić information content (AvgIpc) is 3.13. The van der Waals surface area contributed by atoms with Crippen molar-refractivity contribution in [1.82, 2.24) is 9.21 Å². The molecule has 0 bridgehead atoms. The van der Waals surface area contributed by atoms with E-state index < -0.39 is 10.0 Å². The zero-order valence-corrected chi connectivity index (χ0v) is 17.1. The maximum absolute atomic E-state index is 12.6. The summed E-state index contributed by atoms with van der Waals surface area (Å²) in [7, 11) is -1.97. The van der Waals surface area contributed by atoms with Crippen molar-refractivity contribution in [3.8, 4) is 5.75 Å². The van der Waals surface area contributed by atoms with Crippen molar-refractivity contribution in [3.63, 3.8) is 0 Å². The quantitative estimate of drug-likeness (QED) is 0.689. The van der Waals surface area contributed by atoms with Gasteiger partial charge in [0.05, 0.1) is 11.4 Å². The highest BCUT2D eigenvalue weighted by molar-refractivity contribution is 7.91. The molecular formula is C18H19ClN2O4S2. The molecule has 2 heterocycles. The van der Waals surface area contributed by atoms with Gasteiger partial charge in [-0.3, -0.25) is 4.79 Å². The number of carbonyl (C=O) groups is 1. The molecule has 27 heavy (non-hydrogen) atoms. The maximum atomic E-state index is 12.6. The molecule has 0 atom stereocenters. The molecule has 1 aliphatic rings. The number of carbonyl (C=O) groups excluding carboxylic acids is 1. The molecule has 1 aromatic heterocycles. The maximum Gasteiger partial charge on any atom is 0.252 e. The number of thiophene rings is 1. The van der Waals surface area contributed by atoms with Gasteiger partial charge in [-0.2, -0.15) is 4.31 Å². The summed E-state index contributed by atoms with van der Waals surface area (Å²) in [5, 5.41) is 0. The Kier molecular flexibility index (Phi) is 6.21. The van der Waals surface area contributed by atoms with Crippen LogP contribution in [-0.4, -0.2) is 56.8 Å². The summed E-state index contributed by atoms with van der Waals surface area (Å²) in [4.78, 5) is 14.0. The van der Waals surface area contributed by atoms with Gasteiger partial charge in [0, 0.05) is 32.3 Å². The van der Waals surface area contributed by atoms with Crippen molar-refractivity contribution in [2.75, 3.05) is 33.3 Å². The van der Waals surface area contributed by atoms with E-state index in [-0.39, 0.29) is 23.2 Å². The van der Waals surface area contributed by atoms with Gasteiger partial charge in [0.15, 0.2) is 0 Å². The first-order valence-electron chi connectivity index (χ1n) is 8.27. The Bertz CT molecular complexity index is 948. The van der Waals surface area contributed by atoms with Crippen molar-refractivity contribution >= 4 is 44.9 Å². The van der Waals surface area contributed by atoms with Crippen molar-refractivity contribution < 1.29 is 17.9 Å². The molecule has 1 amide bonds. The van der Waals surface area contributed by atoms with Crippen molar-refractivity contribution in [1.29, 1.82) is 0 Å². The van der Waals surface area contributed by atoms with Gasteiger partial charge >= 0.3 is 0 Å². The molecule has 1 aliphatic heterocycles. The van der Waals surface area contributed by atoms with Crippen molar-refractivity contribution in [3.05, 3.63) is 52.4 Å². The van der Waals surface area contributed by atoms with Crippen LogP contribution in [-0.2, 0) is 14.8 Å². The second kappa shape index (κ2) is 8.43. The fraction of sp³-hybridized carbons (Fsp3) is 0.278. The number of ether oxygens (including phenoxy) is 1. The van der Waals surface area contributed by atoms with Crippen LogP contribution in [0.4, 0.5) is 0 Å². The van der Waals surface area contributed by atoms with Crippen molar-refractivity contribution in [2.24, 2.45) is 0 Å². The fourth-order valence-corrected chi connectivity index (χ4v) is 5.79. The molecule has 1 aromatic carbocycles. The lowest BCUT2D eigenvalue weighted by molar-refractivity contribution is -0.127. The molecule has 0 spiro atoms. The molecule has 0 N–H and O–H groups in total. The molecule has 0 unspecified atom stereocenters. The largest absolute Gasteiger partial charge is 0.497 e. The van der Waals surface area contributed by atoms with E-state index in [1.54, 1.807) is 24.2 Å². The van der Waals surface area contributed by atoms with Crippen LogP contribution in [0.2, 0.25) is 4.34 Å². The van der Waals surface area contributed by atoms with E-state index in [4.69, 9.17) is 16.3 Å². The number of hydrogen-bond donors (Lipinski definition) is 0. The number of halogens is 1. The summed E-state index contributed by atoms with van der Waals surface area (Å²) in [6.07, 6.45) is 3.22. The van der Waals surface area contributed by atoms with Crippen LogP contribution in [0.25, 0.3) is 6.08 Å². The van der Waals surface area contributed by atoms with E-state index in [1.165, 1.54) is 16.4 Å². The third-order valence-electron chi connectivity index (χ3n) is 4.21. The molecule has 3 rings (SSSR count). The molecule has 6 nitrogen and oxygen atoms in total. The standard InChI is InChI=1S/C18H19ClN2O4S2/c1-25-15-4-2-3-14(13-15)5-7-17(22)20-9-11-21(12-10-20)27(23,24)18-8-6-16(19)26-18/h2-8,13H,9-12H2,1H3/b7-5+. The number of hydrogen-bond acceptors (Lipinski definition) is 5. The van der Waals surface area contributed by atoms with Gasteiger partial charge in [0.1, 0.15) is 9.96 Å². The molecule has 2 aromatic rings. The molecule has 0 aliphatic carbocycles. The number of benzene rings is 1. The highest BCUT2D eigenvalue weighted by atomic mass is 35.5. The lowest BCUT2D eigenvalue weighted by atomic mass is 10.2. The zero-order valence-electron chi connectivity index (χ0n) is 14.7. The Morgan fingerprint density at radius 3 is 2.56 bits per heavy atom. The zero-order chi connectivity index (χ0) is 19.4. The minimum Gasteiger partial charge on any atom is -0.497 e. The summed E-state index contributed by atoms with van der Waals surface area (Å²) in [5.74, 6) is 0.575. The highest BCUT2D eigenvalue weighted by Crippen LogP contribution is 2.28. The van der Waals surface area contributed by atoms with Gasteiger partial charge in [0.2, 0.25) is 5.91 Å². The van der Waals surface area contributed by atoms with Crippen LogP contribution >= 0.6 is 22.9 Å². The van der Waals surface area contributed by atoms with Crippen molar-refractivity contribution in [2.45, 2.75) is 4.21 Å². The van der Waals surface area contributed by atoms with Crippen LogP contribution in [0.1, 0.15) is 5.56 Å². The summed E-state index contributed by atoms with van der Waals surface area (Å²) in [6.45, 7) is 1.21. The third-order valence-corrected chi connectivity index (χ3v) is 7.80. The smallest absolute Gasteiger partial charge is 0.252 e. The SMILES string of the molecule is COc1cccc(/C=C/C(=O)N2CCN(S(=O)(=O)c3ccc(Cl)s3)CC2)c1. The van der Waals surface area contributed by atoms with Crippen LogP contribution in [0.5, 0.6) is 5.75 Å². The van der Waals surface area contributed by atoms with Gasteiger partial charge < -0.3 is 9.64 Å². The summed E-state index contributed by atoms with van der Waals surface area (Å²) in [5.41, 5.74) is 0.860. The Balaban J connectivity index is 1.60. The van der Waals surface area contributed by atoms with E-state index >= 15 is 0 Å². The predicted molar refractivity (Wildman–Crippen MR) is 107 cm³/mol. The number of nitrogens with zero attached hydrogens (tertiary/aromatic N) is 2. The topological polar surface area (TPSA) is 66.9 Å². The van der Waals surface area contributed by atoms with E-state index in [9.17, 15) is 13.2 Å². The van der Waals surface area contributed by atoms with Gasteiger partial charge in [0.25, 0.3) is 10.0 Å². The molecular weight excluding hydrogens is 408 g/mol. The van der Waals surface area contributed by atoms with E-state index in [2.05, 4.69) is 0 Å². The normalized spacial score (nSPS) is 16.0. The molecule has 144 valence electrons. The van der Waals surface area contributed by atoms with Crippen LogP contribution in [0.15, 0.2) is 46.7 Å². The molecule has 1 saturated heterocycles. The van der Waals surface area contributed by atoms with Crippen LogP contribution in [0.3, 0.4) is 0 Å². The second-order valence-corrected chi connectivity index (χ2v) is 9.78. The summed E-state index contributed by atoms with van der Waals surface area (Å²) >= 11 is 6.88. The van der Waals surface area contributed by atoms with E-state index in [1.807, 2.05) is 24.3 Å². The Labute approximate surface area is 167 Å². The highest BCUT2D eigenvalue weighted by Gasteiger charge is 2.30. The lowest BCUT2D eigenvalue weighted by Gasteiger charge is -2.33. The van der Waals surface area contributed by atoms with Gasteiger partial charge in [-0.25, -0.2) is 8.42 Å². The average molecular weight is 427 g/mol. The van der Waals surface area contributed by atoms with Gasteiger partial charge in [-0.1, -0.05) is 23.7 Å². The fourth-order valence-electron chi connectivity index (χ4n) is 2.73. The van der Waals surface area contributed by atoms with Gasteiger partial charge in [-0.05, 0) is 35.9 Å². The number of amides is 1. The number of rotatable bonds is 5. The minimum absolute atomic E-state index is 0.144. The van der Waals surface area contributed by atoms with Gasteiger partial charge in [-0.15, -0.1) is 11.3 Å². The number of methoxy groups -OCH3 is 1. The van der Waals surface area contributed by atoms with Crippen LogP contribution < -0.4 is 4.74 Å².